The molecule has 1 aromatic heterocycles. The number of aryl methyl sites for hydroxylation is 2. The Bertz CT molecular complexity index is 265. The van der Waals surface area contributed by atoms with Gasteiger partial charge in [0, 0.05) is 0 Å². The first kappa shape index (κ1) is 6.67. The molecule has 0 aliphatic carbocycles. The molecule has 0 bridgehead atoms. The smallest absolute Gasteiger partial charge is 0.0912 e. The predicted molar refractivity (Wildman–Crippen MR) is 42.6 cm³/mol. The van der Waals surface area contributed by atoms with Gasteiger partial charge in [-0.3, -0.25) is 5.43 Å². The van der Waals surface area contributed by atoms with Crippen LogP contribution in [0.1, 0.15) is 17.8 Å². The number of fused-ring (bicyclic) bond motifs is 1. The summed E-state index contributed by atoms with van der Waals surface area (Å²) in [7, 11) is 0. The number of hydrogen-bond donors (Lipinski definition) is 2. The first-order chi connectivity index (χ1) is 5.25. The first-order valence-corrected chi connectivity index (χ1v) is 3.83. The summed E-state index contributed by atoms with van der Waals surface area (Å²) in [5, 5.41) is 4.23. The van der Waals surface area contributed by atoms with Crippen molar-refractivity contribution in [2.75, 3.05) is 5.43 Å². The monoisotopic (exact) mass is 152 g/mol. The Kier molecular flexibility index (Phi) is 1.35. The van der Waals surface area contributed by atoms with E-state index in [-0.39, 0.29) is 6.17 Å². The van der Waals surface area contributed by atoms with E-state index in [1.54, 1.807) is 4.79 Å². The molecule has 4 nitrogen and oxygen atoms in total. The number of nitrogens with zero attached hydrogens (tertiary/aromatic N) is 2. The average Bonchev–Trinajstić information content (AvgIpc) is 2.27. The van der Waals surface area contributed by atoms with Crippen LogP contribution in [-0.4, -0.2) is 16.1 Å². The van der Waals surface area contributed by atoms with Crippen LogP contribution in [0.3, 0.4) is 0 Å². The van der Waals surface area contributed by atoms with Crippen LogP contribution in [0.25, 0.3) is 0 Å². The van der Waals surface area contributed by atoms with Gasteiger partial charge in [-0.15, -0.1) is 0 Å². The van der Waals surface area contributed by atoms with Gasteiger partial charge in [0.15, 0.2) is 0 Å². The summed E-state index contributed by atoms with van der Waals surface area (Å²) in [5.74, 6) is 0. The number of hydrogen-bond acceptors (Lipinski definition) is 3. The van der Waals surface area contributed by atoms with Gasteiger partial charge in [-0.1, -0.05) is 0 Å². The maximum atomic E-state index is 5.69. The fourth-order valence-electron chi connectivity index (χ4n) is 1.37. The Morgan fingerprint density at radius 2 is 2.64 bits per heavy atom. The minimum Gasteiger partial charge on any atom is -0.310 e. The molecule has 1 aromatic rings. The van der Waals surface area contributed by atoms with E-state index in [4.69, 9.17) is 5.73 Å². The van der Waals surface area contributed by atoms with Crippen molar-refractivity contribution in [1.29, 1.82) is 0 Å². The van der Waals surface area contributed by atoms with Crippen LogP contribution < -0.4 is 11.2 Å². The molecular formula is C7H12N4. The quantitative estimate of drug-likeness (QED) is 0.548. The SMILES string of the molecule is Cc1cc2n(n1)NC(N)CC2. The molecular weight excluding hydrogens is 140 g/mol. The Labute approximate surface area is 65.4 Å². The van der Waals surface area contributed by atoms with Crippen molar-refractivity contribution in [3.8, 4) is 0 Å². The van der Waals surface area contributed by atoms with E-state index in [1.165, 1.54) is 5.69 Å². The third-order valence-electron chi connectivity index (χ3n) is 1.90. The molecule has 2 heterocycles. The zero-order chi connectivity index (χ0) is 7.84. The molecule has 0 fully saturated rings. The fraction of sp³-hybridized carbons (Fsp3) is 0.571. The molecule has 60 valence electrons. The van der Waals surface area contributed by atoms with Gasteiger partial charge >= 0.3 is 0 Å². The van der Waals surface area contributed by atoms with Crippen LogP contribution in [0, 0.1) is 6.92 Å². The molecule has 3 N–H and O–H groups in total. The predicted octanol–water partition coefficient (Wildman–Crippen LogP) is -0.0340. The van der Waals surface area contributed by atoms with Crippen molar-refractivity contribution in [3.63, 3.8) is 0 Å². The highest BCUT2D eigenvalue weighted by atomic mass is 15.6. The highest BCUT2D eigenvalue weighted by Crippen LogP contribution is 2.10. The van der Waals surface area contributed by atoms with Gasteiger partial charge in [-0.25, -0.2) is 0 Å². The van der Waals surface area contributed by atoms with Crippen LogP contribution in [0.15, 0.2) is 6.07 Å². The third-order valence-corrected chi connectivity index (χ3v) is 1.90. The standard InChI is InChI=1S/C7H12N4/c1-5-4-6-2-3-7(8)10-11(6)9-5/h4,7,10H,2-3,8H2,1H3. The zero-order valence-corrected chi connectivity index (χ0v) is 6.54. The van der Waals surface area contributed by atoms with Crippen LogP contribution in [0.4, 0.5) is 0 Å². The van der Waals surface area contributed by atoms with Crippen LogP contribution in [0.2, 0.25) is 0 Å². The summed E-state index contributed by atoms with van der Waals surface area (Å²) in [4.78, 5) is 1.78. The largest absolute Gasteiger partial charge is 0.310 e. The topological polar surface area (TPSA) is 55.9 Å². The Balaban J connectivity index is 2.34. The van der Waals surface area contributed by atoms with Crippen molar-refractivity contribution in [2.45, 2.75) is 25.9 Å². The van der Waals surface area contributed by atoms with E-state index < -0.39 is 0 Å². The summed E-state index contributed by atoms with van der Waals surface area (Å²) in [6.45, 7) is 1.98. The molecule has 1 unspecified atom stereocenters. The summed E-state index contributed by atoms with van der Waals surface area (Å²) in [6.07, 6.45) is 2.07. The average molecular weight is 152 g/mol. The van der Waals surface area contributed by atoms with E-state index in [1.807, 2.05) is 6.92 Å². The molecule has 1 atom stereocenters. The van der Waals surface area contributed by atoms with Crippen molar-refractivity contribution in [1.82, 2.24) is 9.89 Å². The Hall–Kier alpha value is -1.03. The molecule has 0 saturated heterocycles. The minimum absolute atomic E-state index is 0.0572. The van der Waals surface area contributed by atoms with Crippen molar-refractivity contribution >= 4 is 0 Å². The van der Waals surface area contributed by atoms with Gasteiger partial charge in [0.25, 0.3) is 0 Å². The molecule has 0 spiro atoms. The lowest BCUT2D eigenvalue weighted by Gasteiger charge is -2.21. The highest BCUT2D eigenvalue weighted by Gasteiger charge is 2.14. The van der Waals surface area contributed by atoms with E-state index in [9.17, 15) is 0 Å². The lowest BCUT2D eigenvalue weighted by atomic mass is 10.2. The van der Waals surface area contributed by atoms with Gasteiger partial charge in [0.1, 0.15) is 0 Å². The van der Waals surface area contributed by atoms with Gasteiger partial charge in [-0.05, 0) is 25.8 Å². The van der Waals surface area contributed by atoms with Crippen molar-refractivity contribution < 1.29 is 0 Å². The second-order valence-corrected chi connectivity index (χ2v) is 2.96. The number of nitrogens with one attached hydrogen (secondary N) is 1. The minimum atomic E-state index is 0.0572. The molecule has 2 rings (SSSR count). The van der Waals surface area contributed by atoms with E-state index >= 15 is 0 Å². The Morgan fingerprint density at radius 1 is 1.82 bits per heavy atom. The molecule has 1 aliphatic rings. The first-order valence-electron chi connectivity index (χ1n) is 3.83. The van der Waals surface area contributed by atoms with Gasteiger partial charge < -0.3 is 5.73 Å². The van der Waals surface area contributed by atoms with Crippen LogP contribution in [-0.2, 0) is 6.42 Å². The summed E-state index contributed by atoms with van der Waals surface area (Å²) < 4.78 is 0. The highest BCUT2D eigenvalue weighted by molar-refractivity contribution is 5.13. The molecule has 4 heteroatoms. The fourth-order valence-corrected chi connectivity index (χ4v) is 1.37. The molecule has 0 saturated carbocycles. The lowest BCUT2D eigenvalue weighted by molar-refractivity contribution is 0.509. The van der Waals surface area contributed by atoms with Gasteiger partial charge in [-0.2, -0.15) is 9.89 Å². The van der Waals surface area contributed by atoms with Crippen LogP contribution in [0.5, 0.6) is 0 Å². The van der Waals surface area contributed by atoms with E-state index in [0.29, 0.717) is 0 Å². The Morgan fingerprint density at radius 3 is 3.45 bits per heavy atom. The summed E-state index contributed by atoms with van der Waals surface area (Å²) in [5.41, 5.74) is 11.0. The second kappa shape index (κ2) is 2.23. The normalized spacial score (nSPS) is 22.5. The van der Waals surface area contributed by atoms with E-state index in [2.05, 4.69) is 16.6 Å². The maximum absolute atomic E-state index is 5.69. The van der Waals surface area contributed by atoms with Crippen molar-refractivity contribution in [3.05, 3.63) is 17.5 Å². The lowest BCUT2D eigenvalue weighted by Crippen LogP contribution is -2.41. The molecule has 0 aromatic carbocycles. The van der Waals surface area contributed by atoms with E-state index in [0.717, 1.165) is 18.5 Å². The number of aromatic nitrogens is 2. The molecule has 11 heavy (non-hydrogen) atoms. The van der Waals surface area contributed by atoms with Gasteiger partial charge in [0.2, 0.25) is 0 Å². The number of rotatable bonds is 0. The zero-order valence-electron chi connectivity index (χ0n) is 6.54. The third kappa shape index (κ3) is 1.09. The van der Waals surface area contributed by atoms with Crippen LogP contribution >= 0.6 is 0 Å². The number of nitrogens with two attached hydrogens (primary N) is 1. The molecule has 0 amide bonds. The summed E-state index contributed by atoms with van der Waals surface area (Å²) in [6, 6.07) is 2.08. The second-order valence-electron chi connectivity index (χ2n) is 2.96. The van der Waals surface area contributed by atoms with Crippen molar-refractivity contribution in [2.24, 2.45) is 5.73 Å². The molecule has 0 radical (unpaired) electrons. The molecule has 1 aliphatic heterocycles. The maximum Gasteiger partial charge on any atom is 0.0912 e. The van der Waals surface area contributed by atoms with Gasteiger partial charge in [0.05, 0.1) is 17.6 Å². The summed E-state index contributed by atoms with van der Waals surface area (Å²) >= 11 is 0.